The van der Waals surface area contributed by atoms with Crippen LogP contribution in [-0.4, -0.2) is 20.1 Å². The first kappa shape index (κ1) is 15.7. The Hall–Kier alpha value is -0.380. The van der Waals surface area contributed by atoms with Crippen molar-refractivity contribution in [1.29, 1.82) is 0 Å². The number of hydrogen-bond acceptors (Lipinski definition) is 2. The minimum Gasteiger partial charge on any atom is -0.319 e. The first-order valence-corrected chi connectivity index (χ1v) is 7.44. The van der Waals surface area contributed by atoms with E-state index in [0.717, 1.165) is 24.1 Å². The number of halogens is 1. The lowest BCUT2D eigenvalue weighted by Crippen LogP contribution is -2.33. The molecule has 0 spiro atoms. The summed E-state index contributed by atoms with van der Waals surface area (Å²) < 4.78 is 1.15. The summed E-state index contributed by atoms with van der Waals surface area (Å²) in [5.41, 5.74) is 2.72. The van der Waals surface area contributed by atoms with Gasteiger partial charge >= 0.3 is 0 Å². The van der Waals surface area contributed by atoms with Gasteiger partial charge in [-0.15, -0.1) is 0 Å². The molecule has 0 aliphatic heterocycles. The van der Waals surface area contributed by atoms with E-state index in [1.807, 2.05) is 7.05 Å². The molecule has 102 valence electrons. The molecule has 0 heterocycles. The van der Waals surface area contributed by atoms with Crippen LogP contribution in [-0.2, 0) is 6.54 Å². The van der Waals surface area contributed by atoms with Crippen LogP contribution in [0.25, 0.3) is 0 Å². The Bertz CT molecular complexity index is 364. The van der Waals surface area contributed by atoms with Crippen molar-refractivity contribution < 1.29 is 0 Å². The zero-order valence-electron chi connectivity index (χ0n) is 11.9. The molecule has 0 radical (unpaired) electrons. The lowest BCUT2D eigenvalue weighted by Gasteiger charge is -2.21. The predicted molar refractivity (Wildman–Crippen MR) is 82.8 cm³/mol. The third-order valence-electron chi connectivity index (χ3n) is 3.44. The topological polar surface area (TPSA) is 24.1 Å². The van der Waals surface area contributed by atoms with Crippen molar-refractivity contribution in [3.05, 3.63) is 33.8 Å². The van der Waals surface area contributed by atoms with Crippen LogP contribution in [0.15, 0.2) is 22.7 Å². The van der Waals surface area contributed by atoms with Crippen LogP contribution in [0.4, 0.5) is 0 Å². The Labute approximate surface area is 120 Å². The van der Waals surface area contributed by atoms with Crippen LogP contribution < -0.4 is 10.6 Å². The predicted octanol–water partition coefficient (Wildman–Crippen LogP) is 3.34. The van der Waals surface area contributed by atoms with Gasteiger partial charge in [-0.2, -0.15) is 0 Å². The molecule has 2 nitrogen and oxygen atoms in total. The molecular formula is C15H25BrN2. The lowest BCUT2D eigenvalue weighted by atomic mass is 9.95. The minimum atomic E-state index is 0.683. The number of hydrogen-bond donors (Lipinski definition) is 2. The fourth-order valence-electron chi connectivity index (χ4n) is 2.03. The van der Waals surface area contributed by atoms with Crippen LogP contribution in [0, 0.1) is 18.8 Å². The van der Waals surface area contributed by atoms with E-state index in [9.17, 15) is 0 Å². The van der Waals surface area contributed by atoms with Gasteiger partial charge in [0.1, 0.15) is 0 Å². The summed E-state index contributed by atoms with van der Waals surface area (Å²) in [6.45, 7) is 9.81. The summed E-state index contributed by atoms with van der Waals surface area (Å²) in [5.74, 6) is 1.39. The molecule has 1 unspecified atom stereocenters. The zero-order chi connectivity index (χ0) is 13.5. The summed E-state index contributed by atoms with van der Waals surface area (Å²) in [5, 5.41) is 6.85. The first-order chi connectivity index (χ1) is 8.54. The normalized spacial score (nSPS) is 13.0. The van der Waals surface area contributed by atoms with Crippen molar-refractivity contribution in [3.8, 4) is 0 Å². The SMILES string of the molecule is CNCC(CNCc1cc(Br)ccc1C)C(C)C. The number of rotatable bonds is 7. The van der Waals surface area contributed by atoms with E-state index in [2.05, 4.69) is 65.5 Å². The maximum atomic E-state index is 3.58. The lowest BCUT2D eigenvalue weighted by molar-refractivity contribution is 0.352. The summed E-state index contributed by atoms with van der Waals surface area (Å²) in [4.78, 5) is 0. The summed E-state index contributed by atoms with van der Waals surface area (Å²) >= 11 is 3.53. The highest BCUT2D eigenvalue weighted by molar-refractivity contribution is 9.10. The summed E-state index contributed by atoms with van der Waals surface area (Å²) in [6, 6.07) is 6.45. The molecule has 0 aliphatic rings. The average Bonchev–Trinajstić information content (AvgIpc) is 2.32. The van der Waals surface area contributed by atoms with E-state index in [0.29, 0.717) is 11.8 Å². The molecule has 18 heavy (non-hydrogen) atoms. The molecule has 1 aromatic rings. The molecule has 0 amide bonds. The first-order valence-electron chi connectivity index (χ1n) is 6.65. The van der Waals surface area contributed by atoms with Gasteiger partial charge in [-0.1, -0.05) is 35.8 Å². The van der Waals surface area contributed by atoms with E-state index in [1.54, 1.807) is 0 Å². The largest absolute Gasteiger partial charge is 0.319 e. The van der Waals surface area contributed by atoms with Crippen molar-refractivity contribution in [2.24, 2.45) is 11.8 Å². The monoisotopic (exact) mass is 312 g/mol. The molecule has 1 rings (SSSR count). The second kappa shape index (κ2) is 7.93. The van der Waals surface area contributed by atoms with Gasteiger partial charge in [-0.05, 0) is 62.2 Å². The highest BCUT2D eigenvalue weighted by Crippen LogP contribution is 2.16. The van der Waals surface area contributed by atoms with Gasteiger partial charge in [0.15, 0.2) is 0 Å². The van der Waals surface area contributed by atoms with E-state index in [-0.39, 0.29) is 0 Å². The van der Waals surface area contributed by atoms with Gasteiger partial charge in [0, 0.05) is 11.0 Å². The Morgan fingerprint density at radius 2 is 1.94 bits per heavy atom. The molecular weight excluding hydrogens is 288 g/mol. The van der Waals surface area contributed by atoms with E-state index in [1.165, 1.54) is 11.1 Å². The van der Waals surface area contributed by atoms with Crippen LogP contribution in [0.3, 0.4) is 0 Å². The Morgan fingerprint density at radius 1 is 1.22 bits per heavy atom. The van der Waals surface area contributed by atoms with Crippen molar-refractivity contribution in [1.82, 2.24) is 10.6 Å². The Kier molecular flexibility index (Phi) is 6.90. The second-order valence-electron chi connectivity index (χ2n) is 5.26. The summed E-state index contributed by atoms with van der Waals surface area (Å²) in [6.07, 6.45) is 0. The Morgan fingerprint density at radius 3 is 2.56 bits per heavy atom. The number of aryl methyl sites for hydroxylation is 1. The Balaban J connectivity index is 2.47. The average molecular weight is 313 g/mol. The van der Waals surface area contributed by atoms with Crippen molar-refractivity contribution >= 4 is 15.9 Å². The summed E-state index contributed by atoms with van der Waals surface area (Å²) in [7, 11) is 2.02. The van der Waals surface area contributed by atoms with Gasteiger partial charge < -0.3 is 10.6 Å². The quantitative estimate of drug-likeness (QED) is 0.807. The van der Waals surface area contributed by atoms with Gasteiger partial charge in [0.05, 0.1) is 0 Å². The van der Waals surface area contributed by atoms with Gasteiger partial charge in [-0.3, -0.25) is 0 Å². The van der Waals surface area contributed by atoms with E-state index in [4.69, 9.17) is 0 Å². The van der Waals surface area contributed by atoms with Gasteiger partial charge in [0.25, 0.3) is 0 Å². The van der Waals surface area contributed by atoms with Gasteiger partial charge in [-0.25, -0.2) is 0 Å². The highest BCUT2D eigenvalue weighted by atomic mass is 79.9. The van der Waals surface area contributed by atoms with E-state index >= 15 is 0 Å². The molecule has 0 aromatic heterocycles. The number of nitrogens with one attached hydrogen (secondary N) is 2. The van der Waals surface area contributed by atoms with E-state index < -0.39 is 0 Å². The fourth-order valence-corrected chi connectivity index (χ4v) is 2.44. The molecule has 0 saturated carbocycles. The minimum absolute atomic E-state index is 0.683. The molecule has 1 atom stereocenters. The molecule has 2 N–H and O–H groups in total. The van der Waals surface area contributed by atoms with Gasteiger partial charge in [0.2, 0.25) is 0 Å². The molecule has 0 saturated heterocycles. The number of benzene rings is 1. The highest BCUT2D eigenvalue weighted by Gasteiger charge is 2.11. The third kappa shape index (κ3) is 5.09. The molecule has 3 heteroatoms. The standard InChI is InChI=1S/C15H25BrN2/c1-11(2)14(8-17-4)10-18-9-13-7-15(16)6-5-12(13)3/h5-7,11,14,17-18H,8-10H2,1-4H3. The zero-order valence-corrected chi connectivity index (χ0v) is 13.5. The third-order valence-corrected chi connectivity index (χ3v) is 3.94. The van der Waals surface area contributed by atoms with Crippen molar-refractivity contribution in [3.63, 3.8) is 0 Å². The molecule has 0 bridgehead atoms. The maximum absolute atomic E-state index is 3.58. The molecule has 1 aromatic carbocycles. The van der Waals surface area contributed by atoms with Crippen LogP contribution >= 0.6 is 15.9 Å². The maximum Gasteiger partial charge on any atom is 0.0208 e. The van der Waals surface area contributed by atoms with Crippen LogP contribution in [0.5, 0.6) is 0 Å². The molecule has 0 aliphatic carbocycles. The van der Waals surface area contributed by atoms with Crippen LogP contribution in [0.2, 0.25) is 0 Å². The molecule has 0 fully saturated rings. The van der Waals surface area contributed by atoms with Crippen molar-refractivity contribution in [2.75, 3.05) is 20.1 Å². The van der Waals surface area contributed by atoms with Crippen LogP contribution in [0.1, 0.15) is 25.0 Å². The fraction of sp³-hybridized carbons (Fsp3) is 0.600. The second-order valence-corrected chi connectivity index (χ2v) is 6.18. The smallest absolute Gasteiger partial charge is 0.0208 e. The van der Waals surface area contributed by atoms with Crippen molar-refractivity contribution in [2.45, 2.75) is 27.3 Å².